The third-order valence-electron chi connectivity index (χ3n) is 3.57. The molecule has 0 radical (unpaired) electrons. The average Bonchev–Trinajstić information content (AvgIpc) is 2.97. The zero-order valence-electron chi connectivity index (χ0n) is 14.7. The Morgan fingerprint density at radius 2 is 1.70 bits per heavy atom. The van der Waals surface area contributed by atoms with Gasteiger partial charge in [-0.25, -0.2) is 14.8 Å². The highest BCUT2D eigenvalue weighted by atomic mass is 79.9. The molecule has 2 N–H and O–H groups in total. The molecular formula is C18H17BrF3N3O2. The van der Waals surface area contributed by atoms with Crippen molar-refractivity contribution >= 4 is 33.1 Å². The number of hydrogen-bond donors (Lipinski definition) is 2. The Labute approximate surface area is 161 Å². The standard InChI is InChI=1S/C16H16BrN3.C2HF3O2/c1-16(2,3)11-6-4-10(5-7-11)14-19-13-8-12(17)9-18-15(13)20-14;3-2(4,5)1(6)7/h4-9H,1-3H3,(H,18,19,20);(H,6,7). The van der Waals surface area contributed by atoms with Crippen LogP contribution in [-0.4, -0.2) is 32.2 Å². The number of rotatable bonds is 1. The summed E-state index contributed by atoms with van der Waals surface area (Å²) in [6.07, 6.45) is -3.32. The average molecular weight is 444 g/mol. The predicted octanol–water partition coefficient (Wildman–Crippen LogP) is 5.32. The molecule has 3 aromatic rings. The Morgan fingerprint density at radius 1 is 1.15 bits per heavy atom. The van der Waals surface area contributed by atoms with E-state index in [4.69, 9.17) is 9.90 Å². The van der Waals surface area contributed by atoms with Crippen molar-refractivity contribution in [3.05, 3.63) is 46.6 Å². The van der Waals surface area contributed by atoms with E-state index >= 15 is 0 Å². The highest BCUT2D eigenvalue weighted by Gasteiger charge is 2.38. The number of pyridine rings is 1. The van der Waals surface area contributed by atoms with Crippen molar-refractivity contribution in [3.8, 4) is 11.4 Å². The van der Waals surface area contributed by atoms with Gasteiger partial charge in [-0.1, -0.05) is 45.0 Å². The monoisotopic (exact) mass is 443 g/mol. The first kappa shape index (κ1) is 20.9. The van der Waals surface area contributed by atoms with Crippen molar-refractivity contribution in [2.75, 3.05) is 0 Å². The summed E-state index contributed by atoms with van der Waals surface area (Å²) in [7, 11) is 0. The van der Waals surface area contributed by atoms with E-state index in [0.29, 0.717) is 0 Å². The number of aromatic nitrogens is 3. The number of carboxylic acid groups (broad SMARTS) is 1. The van der Waals surface area contributed by atoms with E-state index in [0.717, 1.165) is 27.0 Å². The normalized spacial score (nSPS) is 11.8. The van der Waals surface area contributed by atoms with Gasteiger partial charge in [-0.05, 0) is 33.0 Å². The zero-order valence-corrected chi connectivity index (χ0v) is 16.3. The van der Waals surface area contributed by atoms with Crippen molar-refractivity contribution in [2.24, 2.45) is 0 Å². The summed E-state index contributed by atoms with van der Waals surface area (Å²) < 4.78 is 32.7. The largest absolute Gasteiger partial charge is 0.490 e. The maximum Gasteiger partial charge on any atom is 0.490 e. The first-order valence-electron chi connectivity index (χ1n) is 7.80. The molecule has 0 amide bonds. The number of nitrogens with one attached hydrogen (secondary N) is 1. The lowest BCUT2D eigenvalue weighted by atomic mass is 9.87. The third kappa shape index (κ3) is 5.53. The smallest absolute Gasteiger partial charge is 0.475 e. The van der Waals surface area contributed by atoms with Crippen molar-refractivity contribution in [1.29, 1.82) is 0 Å². The Morgan fingerprint density at radius 3 is 2.19 bits per heavy atom. The van der Waals surface area contributed by atoms with Gasteiger partial charge in [0.1, 0.15) is 5.82 Å². The Hall–Kier alpha value is -2.42. The molecule has 2 aromatic heterocycles. The lowest BCUT2D eigenvalue weighted by molar-refractivity contribution is -0.192. The summed E-state index contributed by atoms with van der Waals surface area (Å²) in [5.41, 5.74) is 4.24. The molecule has 0 aliphatic carbocycles. The minimum Gasteiger partial charge on any atom is -0.475 e. The maximum absolute atomic E-state index is 10.6. The second-order valence-corrected chi connectivity index (χ2v) is 7.66. The van der Waals surface area contributed by atoms with Gasteiger partial charge in [-0.3, -0.25) is 0 Å². The molecule has 0 spiro atoms. The number of carboxylic acids is 1. The molecule has 5 nitrogen and oxygen atoms in total. The highest BCUT2D eigenvalue weighted by molar-refractivity contribution is 9.10. The second kappa shape index (κ2) is 7.67. The number of alkyl halides is 3. The van der Waals surface area contributed by atoms with Crippen molar-refractivity contribution in [3.63, 3.8) is 0 Å². The zero-order chi connectivity index (χ0) is 20.4. The molecule has 2 heterocycles. The molecule has 0 bridgehead atoms. The number of aliphatic carboxylic acids is 1. The number of fused-ring (bicyclic) bond motifs is 1. The predicted molar refractivity (Wildman–Crippen MR) is 99.4 cm³/mol. The topological polar surface area (TPSA) is 78.9 Å². The van der Waals surface area contributed by atoms with Gasteiger partial charge >= 0.3 is 12.1 Å². The van der Waals surface area contributed by atoms with E-state index in [9.17, 15) is 13.2 Å². The van der Waals surface area contributed by atoms with Crippen LogP contribution < -0.4 is 0 Å². The van der Waals surface area contributed by atoms with Gasteiger partial charge in [0.15, 0.2) is 5.65 Å². The minimum atomic E-state index is -5.08. The second-order valence-electron chi connectivity index (χ2n) is 6.74. The number of aromatic amines is 1. The summed E-state index contributed by atoms with van der Waals surface area (Å²) in [5.74, 6) is -1.90. The first-order chi connectivity index (χ1) is 12.4. The summed E-state index contributed by atoms with van der Waals surface area (Å²) in [4.78, 5) is 21.0. The molecule has 3 rings (SSSR count). The maximum atomic E-state index is 10.6. The van der Waals surface area contributed by atoms with E-state index in [-0.39, 0.29) is 5.41 Å². The summed E-state index contributed by atoms with van der Waals surface area (Å²) in [6, 6.07) is 10.5. The quantitative estimate of drug-likeness (QED) is 0.533. The van der Waals surface area contributed by atoms with Crippen LogP contribution in [0.2, 0.25) is 0 Å². The third-order valence-corrected chi connectivity index (χ3v) is 4.00. The van der Waals surface area contributed by atoms with Crippen LogP contribution in [0.4, 0.5) is 13.2 Å². The van der Waals surface area contributed by atoms with E-state index in [1.165, 1.54) is 5.56 Å². The van der Waals surface area contributed by atoms with Gasteiger partial charge < -0.3 is 10.1 Å². The van der Waals surface area contributed by atoms with Crippen LogP contribution in [0.5, 0.6) is 0 Å². The number of carbonyl (C=O) groups is 1. The lowest BCUT2D eigenvalue weighted by Gasteiger charge is -2.18. The molecule has 0 aliphatic heterocycles. The molecule has 0 aliphatic rings. The number of nitrogens with zero attached hydrogens (tertiary/aromatic N) is 2. The number of hydrogen-bond acceptors (Lipinski definition) is 3. The van der Waals surface area contributed by atoms with E-state index in [1.54, 1.807) is 6.20 Å². The minimum absolute atomic E-state index is 0.166. The first-order valence-corrected chi connectivity index (χ1v) is 8.59. The van der Waals surface area contributed by atoms with Gasteiger partial charge in [0.25, 0.3) is 0 Å². The van der Waals surface area contributed by atoms with E-state index in [2.05, 4.69) is 75.9 Å². The van der Waals surface area contributed by atoms with Crippen LogP contribution in [0, 0.1) is 0 Å². The van der Waals surface area contributed by atoms with Gasteiger partial charge in [-0.2, -0.15) is 13.2 Å². The molecule has 1 aromatic carbocycles. The fourth-order valence-electron chi connectivity index (χ4n) is 2.14. The van der Waals surface area contributed by atoms with Gasteiger partial charge in [0.2, 0.25) is 0 Å². The van der Waals surface area contributed by atoms with Crippen LogP contribution in [0.3, 0.4) is 0 Å². The molecule has 0 saturated carbocycles. The van der Waals surface area contributed by atoms with Gasteiger partial charge in [-0.15, -0.1) is 0 Å². The molecule has 27 heavy (non-hydrogen) atoms. The van der Waals surface area contributed by atoms with Gasteiger partial charge in [0.05, 0.1) is 5.52 Å². The Kier molecular flexibility index (Phi) is 5.94. The fraction of sp³-hybridized carbons (Fsp3) is 0.278. The Balaban J connectivity index is 0.000000321. The van der Waals surface area contributed by atoms with Crippen LogP contribution in [0.1, 0.15) is 26.3 Å². The molecule has 0 atom stereocenters. The molecule has 9 heteroatoms. The molecule has 0 fully saturated rings. The summed E-state index contributed by atoms with van der Waals surface area (Å²) in [5, 5.41) is 7.12. The lowest BCUT2D eigenvalue weighted by Crippen LogP contribution is -2.21. The molecule has 0 saturated heterocycles. The van der Waals surface area contributed by atoms with E-state index in [1.807, 2.05) is 6.07 Å². The van der Waals surface area contributed by atoms with Crippen molar-refractivity contribution < 1.29 is 23.1 Å². The van der Waals surface area contributed by atoms with Crippen LogP contribution in [-0.2, 0) is 10.2 Å². The van der Waals surface area contributed by atoms with E-state index < -0.39 is 12.1 Å². The summed E-state index contributed by atoms with van der Waals surface area (Å²) >= 11 is 3.42. The molecule has 0 unspecified atom stereocenters. The molecule has 144 valence electrons. The van der Waals surface area contributed by atoms with Crippen LogP contribution in [0.15, 0.2) is 41.0 Å². The molecular weight excluding hydrogens is 427 g/mol. The fourth-order valence-corrected chi connectivity index (χ4v) is 2.47. The number of imidazole rings is 1. The van der Waals surface area contributed by atoms with Crippen LogP contribution in [0.25, 0.3) is 22.6 Å². The number of benzene rings is 1. The van der Waals surface area contributed by atoms with Crippen molar-refractivity contribution in [2.45, 2.75) is 32.4 Å². The van der Waals surface area contributed by atoms with Gasteiger partial charge in [0, 0.05) is 16.2 Å². The summed E-state index contributed by atoms with van der Waals surface area (Å²) in [6.45, 7) is 6.64. The number of H-pyrrole nitrogens is 1. The van der Waals surface area contributed by atoms with Crippen LogP contribution >= 0.6 is 15.9 Å². The highest BCUT2D eigenvalue weighted by Crippen LogP contribution is 2.26. The van der Waals surface area contributed by atoms with Crippen molar-refractivity contribution in [1.82, 2.24) is 15.0 Å². The SMILES string of the molecule is CC(C)(C)c1ccc(-c2nc3ncc(Br)cc3[nH]2)cc1.O=C(O)C(F)(F)F. The number of halogens is 4. The Bertz CT molecular complexity index is 945.